The highest BCUT2D eigenvalue weighted by molar-refractivity contribution is 5.68. The van der Waals surface area contributed by atoms with Crippen molar-refractivity contribution < 1.29 is 14.3 Å². The smallest absolute Gasteiger partial charge is 0.410 e. The van der Waals surface area contributed by atoms with Crippen molar-refractivity contribution in [3.8, 4) is 0 Å². The maximum Gasteiger partial charge on any atom is 0.410 e. The predicted molar refractivity (Wildman–Crippen MR) is 93.7 cm³/mol. The maximum absolute atomic E-state index is 12.2. The molecule has 0 saturated carbocycles. The number of carbonyl (C=O) groups excluding carboxylic acids is 1. The average molecular weight is 328 g/mol. The molecule has 1 rings (SSSR count). The summed E-state index contributed by atoms with van der Waals surface area (Å²) in [5, 5.41) is 3.58. The van der Waals surface area contributed by atoms with Gasteiger partial charge in [-0.05, 0) is 65.8 Å². The summed E-state index contributed by atoms with van der Waals surface area (Å²) in [6, 6.07) is 0.409. The number of ether oxygens (including phenoxy) is 2. The summed E-state index contributed by atoms with van der Waals surface area (Å²) >= 11 is 0. The second kappa shape index (κ2) is 10.1. The van der Waals surface area contributed by atoms with Crippen LogP contribution in [0.3, 0.4) is 0 Å². The van der Waals surface area contributed by atoms with E-state index in [4.69, 9.17) is 9.47 Å². The van der Waals surface area contributed by atoms with Gasteiger partial charge >= 0.3 is 6.09 Å². The highest BCUT2D eigenvalue weighted by Crippen LogP contribution is 2.21. The third-order valence-corrected chi connectivity index (χ3v) is 4.10. The molecule has 0 spiro atoms. The Balaban J connectivity index is 2.29. The van der Waals surface area contributed by atoms with Gasteiger partial charge < -0.3 is 19.7 Å². The predicted octanol–water partition coefficient (Wildman–Crippen LogP) is 3.43. The molecule has 1 aliphatic rings. The monoisotopic (exact) mass is 328 g/mol. The molecule has 1 fully saturated rings. The van der Waals surface area contributed by atoms with Crippen LogP contribution in [0.15, 0.2) is 0 Å². The van der Waals surface area contributed by atoms with Crippen LogP contribution in [0.25, 0.3) is 0 Å². The molecule has 0 aromatic carbocycles. The standard InChI is InChI=1S/C18H36N2O3/c1-6-12-22-13-8-10-19-15(2)16-9-7-11-20(14-16)17(21)23-18(3,4)5/h15-16,19H,6-14H2,1-5H3. The number of nitrogens with zero attached hydrogens (tertiary/aromatic N) is 1. The van der Waals surface area contributed by atoms with Crippen molar-refractivity contribution in [1.29, 1.82) is 0 Å². The van der Waals surface area contributed by atoms with Gasteiger partial charge in [0.1, 0.15) is 5.60 Å². The van der Waals surface area contributed by atoms with Gasteiger partial charge in [-0.15, -0.1) is 0 Å². The Hall–Kier alpha value is -0.810. The minimum atomic E-state index is -0.424. The SMILES string of the molecule is CCCOCCCNC(C)C1CCCN(C(=O)OC(C)(C)C)C1. The Kier molecular flexibility index (Phi) is 8.92. The summed E-state index contributed by atoms with van der Waals surface area (Å²) in [6.07, 6.45) is 4.15. The van der Waals surface area contributed by atoms with Gasteiger partial charge in [0.05, 0.1) is 0 Å². The van der Waals surface area contributed by atoms with E-state index in [0.29, 0.717) is 12.0 Å². The molecule has 0 aliphatic carbocycles. The summed E-state index contributed by atoms with van der Waals surface area (Å²) in [5.41, 5.74) is -0.424. The first-order valence-electron chi connectivity index (χ1n) is 9.12. The molecule has 136 valence electrons. The number of carbonyl (C=O) groups is 1. The van der Waals surface area contributed by atoms with E-state index in [1.165, 1.54) is 6.42 Å². The fraction of sp³-hybridized carbons (Fsp3) is 0.944. The van der Waals surface area contributed by atoms with Crippen LogP contribution in [0.4, 0.5) is 4.79 Å². The fourth-order valence-electron chi connectivity index (χ4n) is 2.83. The Morgan fingerprint density at radius 3 is 2.74 bits per heavy atom. The summed E-state index contributed by atoms with van der Waals surface area (Å²) in [5.74, 6) is 0.493. The fourth-order valence-corrected chi connectivity index (χ4v) is 2.83. The van der Waals surface area contributed by atoms with Crippen molar-refractivity contribution in [3.63, 3.8) is 0 Å². The normalized spacial score (nSPS) is 20.4. The average Bonchev–Trinajstić information content (AvgIpc) is 2.49. The molecule has 2 atom stereocenters. The molecule has 0 aromatic heterocycles. The lowest BCUT2D eigenvalue weighted by atomic mass is 9.91. The van der Waals surface area contributed by atoms with Gasteiger partial charge in [-0.3, -0.25) is 0 Å². The van der Waals surface area contributed by atoms with E-state index in [2.05, 4.69) is 19.2 Å². The minimum Gasteiger partial charge on any atom is -0.444 e. The van der Waals surface area contributed by atoms with E-state index in [9.17, 15) is 4.79 Å². The Morgan fingerprint density at radius 1 is 1.35 bits per heavy atom. The van der Waals surface area contributed by atoms with Crippen molar-refractivity contribution in [2.24, 2.45) is 5.92 Å². The van der Waals surface area contributed by atoms with E-state index < -0.39 is 5.60 Å². The number of hydrogen-bond acceptors (Lipinski definition) is 4. The molecule has 1 saturated heterocycles. The molecule has 0 radical (unpaired) electrons. The number of hydrogen-bond donors (Lipinski definition) is 1. The third-order valence-electron chi connectivity index (χ3n) is 4.10. The number of nitrogens with one attached hydrogen (secondary N) is 1. The molecule has 23 heavy (non-hydrogen) atoms. The largest absolute Gasteiger partial charge is 0.444 e. The highest BCUT2D eigenvalue weighted by Gasteiger charge is 2.29. The van der Waals surface area contributed by atoms with Crippen molar-refractivity contribution in [2.45, 2.75) is 71.9 Å². The quantitative estimate of drug-likeness (QED) is 0.694. The van der Waals surface area contributed by atoms with Gasteiger partial charge in [-0.2, -0.15) is 0 Å². The molecule has 5 heteroatoms. The van der Waals surface area contributed by atoms with E-state index in [1.807, 2.05) is 25.7 Å². The topological polar surface area (TPSA) is 50.8 Å². The first-order valence-corrected chi connectivity index (χ1v) is 9.12. The lowest BCUT2D eigenvalue weighted by Gasteiger charge is -2.36. The Bertz CT molecular complexity index is 342. The lowest BCUT2D eigenvalue weighted by molar-refractivity contribution is 0.0148. The van der Waals surface area contributed by atoms with Crippen molar-refractivity contribution in [2.75, 3.05) is 32.8 Å². The zero-order valence-corrected chi connectivity index (χ0v) is 15.7. The van der Waals surface area contributed by atoms with Crippen LogP contribution in [0.5, 0.6) is 0 Å². The van der Waals surface area contributed by atoms with Crippen molar-refractivity contribution >= 4 is 6.09 Å². The van der Waals surface area contributed by atoms with E-state index >= 15 is 0 Å². The summed E-state index contributed by atoms with van der Waals surface area (Å²) in [4.78, 5) is 14.1. The second-order valence-corrected chi connectivity index (χ2v) is 7.54. The van der Waals surface area contributed by atoms with E-state index in [-0.39, 0.29) is 6.09 Å². The van der Waals surface area contributed by atoms with Crippen LogP contribution in [0, 0.1) is 5.92 Å². The lowest BCUT2D eigenvalue weighted by Crippen LogP contribution is -2.48. The number of piperidine rings is 1. The van der Waals surface area contributed by atoms with E-state index in [1.54, 1.807) is 0 Å². The zero-order chi connectivity index (χ0) is 17.3. The number of likely N-dealkylation sites (tertiary alicyclic amines) is 1. The Labute approximate surface area is 142 Å². The van der Waals surface area contributed by atoms with Gasteiger partial charge in [0, 0.05) is 32.3 Å². The first-order chi connectivity index (χ1) is 10.8. The van der Waals surface area contributed by atoms with Crippen LogP contribution < -0.4 is 5.32 Å². The summed E-state index contributed by atoms with van der Waals surface area (Å²) < 4.78 is 11.0. The van der Waals surface area contributed by atoms with Gasteiger partial charge in [-0.25, -0.2) is 4.79 Å². The molecule has 0 bridgehead atoms. The van der Waals surface area contributed by atoms with Gasteiger partial charge in [0.2, 0.25) is 0 Å². The van der Waals surface area contributed by atoms with Crippen LogP contribution in [0.1, 0.15) is 60.3 Å². The minimum absolute atomic E-state index is 0.178. The van der Waals surface area contributed by atoms with Gasteiger partial charge in [0.25, 0.3) is 0 Å². The van der Waals surface area contributed by atoms with E-state index in [0.717, 1.165) is 52.1 Å². The van der Waals surface area contributed by atoms with Crippen LogP contribution in [-0.2, 0) is 9.47 Å². The van der Waals surface area contributed by atoms with Crippen molar-refractivity contribution in [3.05, 3.63) is 0 Å². The number of amides is 1. The maximum atomic E-state index is 12.2. The molecule has 1 N–H and O–H groups in total. The summed E-state index contributed by atoms with van der Waals surface area (Å²) in [7, 11) is 0. The second-order valence-electron chi connectivity index (χ2n) is 7.54. The van der Waals surface area contributed by atoms with Gasteiger partial charge in [-0.1, -0.05) is 6.92 Å². The molecule has 0 aromatic rings. The molecular weight excluding hydrogens is 292 g/mol. The molecule has 1 amide bonds. The zero-order valence-electron chi connectivity index (χ0n) is 15.7. The molecule has 1 aliphatic heterocycles. The van der Waals surface area contributed by atoms with Crippen LogP contribution in [-0.4, -0.2) is 55.5 Å². The van der Waals surface area contributed by atoms with Crippen LogP contribution >= 0.6 is 0 Å². The number of rotatable bonds is 8. The molecule has 2 unspecified atom stereocenters. The first kappa shape index (κ1) is 20.2. The van der Waals surface area contributed by atoms with Gasteiger partial charge in [0.15, 0.2) is 0 Å². The molecular formula is C18H36N2O3. The Morgan fingerprint density at radius 2 is 2.09 bits per heavy atom. The van der Waals surface area contributed by atoms with Crippen molar-refractivity contribution in [1.82, 2.24) is 10.2 Å². The third kappa shape index (κ3) is 8.56. The molecule has 1 heterocycles. The molecule has 5 nitrogen and oxygen atoms in total. The van der Waals surface area contributed by atoms with Crippen LogP contribution in [0.2, 0.25) is 0 Å². The summed E-state index contributed by atoms with van der Waals surface area (Å²) in [6.45, 7) is 14.3. The highest BCUT2D eigenvalue weighted by atomic mass is 16.6.